The fourth-order valence-corrected chi connectivity index (χ4v) is 13.2. The fourth-order valence-electron chi connectivity index (χ4n) is 3.13. The molecule has 0 saturated carbocycles. The molecule has 0 aromatic heterocycles. The van der Waals surface area contributed by atoms with Crippen molar-refractivity contribution in [3.05, 3.63) is 71.8 Å². The number of benzene rings is 2. The van der Waals surface area contributed by atoms with Crippen molar-refractivity contribution in [2.45, 2.75) is 61.9 Å². The van der Waals surface area contributed by atoms with Gasteiger partial charge in [-0.25, -0.2) is 12.8 Å². The van der Waals surface area contributed by atoms with Crippen molar-refractivity contribution in [3.8, 4) is 0 Å². The van der Waals surface area contributed by atoms with Gasteiger partial charge in [0.15, 0.2) is 0 Å². The Hall–Kier alpha value is -0.733. The van der Waals surface area contributed by atoms with Crippen LogP contribution >= 0.6 is 23.5 Å². The number of hydrogen-bond donors (Lipinski definition) is 1. The molecule has 3 nitrogen and oxygen atoms in total. The van der Waals surface area contributed by atoms with Gasteiger partial charge in [0, 0.05) is 11.5 Å². The number of rotatable bonds is 12. The minimum Gasteiger partial charge on any atom is -0.237 e. The molecular weight excluding hydrogens is 459 g/mol. The van der Waals surface area contributed by atoms with Crippen LogP contribution in [0.15, 0.2) is 60.7 Å². The van der Waals surface area contributed by atoms with Crippen LogP contribution in [0.25, 0.3) is 0 Å². The summed E-state index contributed by atoms with van der Waals surface area (Å²) in [6, 6.07) is 20.5. The van der Waals surface area contributed by atoms with Gasteiger partial charge in [0.05, 0.1) is 10.3 Å². The summed E-state index contributed by atoms with van der Waals surface area (Å²) in [6.45, 7) is 13.0. The van der Waals surface area contributed by atoms with Gasteiger partial charge in [0.25, 0.3) is 0 Å². The minimum atomic E-state index is -3.39. The van der Waals surface area contributed by atoms with Gasteiger partial charge in [-0.15, -0.1) is 23.5 Å². The third kappa shape index (κ3) is 8.28. The van der Waals surface area contributed by atoms with E-state index in [9.17, 15) is 8.42 Å². The van der Waals surface area contributed by atoms with Crippen LogP contribution < -0.4 is 4.39 Å². The highest BCUT2D eigenvalue weighted by Gasteiger charge is 2.44. The van der Waals surface area contributed by atoms with E-state index >= 15 is 0 Å². The van der Waals surface area contributed by atoms with Crippen molar-refractivity contribution in [2.75, 3.05) is 5.75 Å². The molecule has 2 aromatic carbocycles. The van der Waals surface area contributed by atoms with Crippen LogP contribution in [-0.2, 0) is 21.5 Å². The first-order chi connectivity index (χ1) is 14.4. The smallest absolute Gasteiger partial charge is 0.207 e. The summed E-state index contributed by atoms with van der Waals surface area (Å²) in [5.74, 6) is 2.15. The molecule has 0 heterocycles. The molecule has 0 saturated heterocycles. The predicted octanol–water partition coefficient (Wildman–Crippen LogP) is 6.74. The Morgan fingerprint density at radius 1 is 0.871 bits per heavy atom. The van der Waals surface area contributed by atoms with E-state index in [1.807, 2.05) is 36.4 Å². The summed E-state index contributed by atoms with van der Waals surface area (Å²) >= 11 is 3.44. The summed E-state index contributed by atoms with van der Waals surface area (Å²) in [4.78, 5) is 0. The maximum absolute atomic E-state index is 13.2. The zero-order valence-corrected chi connectivity index (χ0v) is 23.0. The summed E-state index contributed by atoms with van der Waals surface area (Å²) in [5, 5.41) is -0.0378. The van der Waals surface area contributed by atoms with Gasteiger partial charge in [-0.3, -0.25) is 0 Å². The van der Waals surface area contributed by atoms with Crippen molar-refractivity contribution in [3.63, 3.8) is 0 Å². The molecule has 1 N–H and O–H groups in total. The van der Waals surface area contributed by atoms with Gasteiger partial charge in [0.1, 0.15) is 8.24 Å². The van der Waals surface area contributed by atoms with Crippen LogP contribution in [0, 0.1) is 5.92 Å². The second-order valence-corrected chi connectivity index (χ2v) is 19.0. The topological polar surface area (TPSA) is 46.2 Å². The highest BCUT2D eigenvalue weighted by molar-refractivity contribution is 8.17. The molecule has 0 spiro atoms. The molecule has 0 fully saturated rings. The molecule has 0 aliphatic rings. The van der Waals surface area contributed by atoms with Crippen molar-refractivity contribution < 1.29 is 8.42 Å². The van der Waals surface area contributed by atoms with E-state index in [1.54, 1.807) is 23.5 Å². The lowest BCUT2D eigenvalue weighted by atomic mass is 9.99. The minimum absolute atomic E-state index is 0.0372. The molecular formula is C24H37NO2S3Si. The van der Waals surface area contributed by atoms with E-state index in [0.29, 0.717) is 5.92 Å². The Morgan fingerprint density at radius 2 is 1.29 bits per heavy atom. The van der Waals surface area contributed by atoms with E-state index in [2.05, 4.69) is 69.4 Å². The number of thioether (sulfide) groups is 2. The lowest BCUT2D eigenvalue weighted by Gasteiger charge is -2.43. The first-order valence-electron chi connectivity index (χ1n) is 10.8. The molecule has 2 aromatic rings. The SMILES string of the molecule is CC(C)C(C)(C)[Si](C)(C)NS(=O)(=O)CC(SCc1ccccc1)SCc1ccccc1. The summed E-state index contributed by atoms with van der Waals surface area (Å²) < 4.78 is 29.6. The van der Waals surface area contributed by atoms with Gasteiger partial charge in [-0.1, -0.05) is 101 Å². The Kier molecular flexibility index (Phi) is 9.76. The second-order valence-electron chi connectivity index (χ2n) is 9.41. The number of nitrogens with one attached hydrogen (secondary N) is 1. The van der Waals surface area contributed by atoms with Crippen molar-refractivity contribution >= 4 is 41.8 Å². The van der Waals surface area contributed by atoms with E-state index in [-0.39, 0.29) is 15.4 Å². The molecule has 0 unspecified atom stereocenters. The standard InChI is InChI=1S/C24H37NO2S3Si/c1-20(2)24(3,4)31(5,6)25-30(26,27)19-23(28-17-21-13-9-7-10-14-21)29-18-22-15-11-8-12-16-22/h7-16,20,23,25H,17-19H2,1-6H3. The molecule has 0 atom stereocenters. The van der Waals surface area contributed by atoms with Crippen molar-refractivity contribution in [1.82, 2.24) is 4.39 Å². The van der Waals surface area contributed by atoms with E-state index in [1.165, 1.54) is 11.1 Å². The third-order valence-corrected chi connectivity index (χ3v) is 17.5. The van der Waals surface area contributed by atoms with Gasteiger partial charge in [-0.2, -0.15) is 0 Å². The average molecular weight is 496 g/mol. The molecule has 172 valence electrons. The maximum atomic E-state index is 13.2. The van der Waals surface area contributed by atoms with Crippen LogP contribution in [-0.4, -0.2) is 27.0 Å². The summed E-state index contributed by atoms with van der Waals surface area (Å²) in [6.07, 6.45) is 0. The van der Waals surface area contributed by atoms with Crippen LogP contribution in [0.3, 0.4) is 0 Å². The van der Waals surface area contributed by atoms with E-state index in [4.69, 9.17) is 0 Å². The first-order valence-corrected chi connectivity index (χ1v) is 17.5. The quantitative estimate of drug-likeness (QED) is 0.262. The van der Waals surface area contributed by atoms with Gasteiger partial charge < -0.3 is 0 Å². The van der Waals surface area contributed by atoms with E-state index < -0.39 is 18.3 Å². The number of sulfonamides is 1. The zero-order chi connectivity index (χ0) is 23.1. The largest absolute Gasteiger partial charge is 0.237 e. The van der Waals surface area contributed by atoms with Crippen LogP contribution in [0.5, 0.6) is 0 Å². The molecule has 0 aliphatic heterocycles. The highest BCUT2D eigenvalue weighted by Crippen LogP contribution is 2.43. The maximum Gasteiger partial charge on any atom is 0.207 e. The molecule has 7 heteroatoms. The Labute approximate surface area is 199 Å². The monoisotopic (exact) mass is 495 g/mol. The summed E-state index contributed by atoms with van der Waals surface area (Å²) in [5.41, 5.74) is 2.44. The molecule has 0 bridgehead atoms. The Bertz CT molecular complexity index is 857. The van der Waals surface area contributed by atoms with E-state index in [0.717, 1.165) is 11.5 Å². The van der Waals surface area contributed by atoms with Gasteiger partial charge in [0.2, 0.25) is 10.0 Å². The molecule has 31 heavy (non-hydrogen) atoms. The lowest BCUT2D eigenvalue weighted by molar-refractivity contribution is 0.454. The van der Waals surface area contributed by atoms with Gasteiger partial charge >= 0.3 is 0 Å². The van der Waals surface area contributed by atoms with Crippen LogP contribution in [0.1, 0.15) is 38.8 Å². The van der Waals surface area contributed by atoms with Crippen molar-refractivity contribution in [2.24, 2.45) is 5.92 Å². The fraction of sp³-hybridized carbons (Fsp3) is 0.500. The molecule has 0 radical (unpaired) electrons. The highest BCUT2D eigenvalue weighted by atomic mass is 32.2. The summed E-state index contributed by atoms with van der Waals surface area (Å²) in [7, 11) is -5.62. The Morgan fingerprint density at radius 3 is 1.68 bits per heavy atom. The predicted molar refractivity (Wildman–Crippen MR) is 143 cm³/mol. The second kappa shape index (κ2) is 11.4. The average Bonchev–Trinajstić information content (AvgIpc) is 2.70. The Balaban J connectivity index is 2.11. The third-order valence-electron chi connectivity index (χ3n) is 6.38. The zero-order valence-electron chi connectivity index (χ0n) is 19.6. The lowest BCUT2D eigenvalue weighted by Crippen LogP contribution is -2.57. The first kappa shape index (κ1) is 26.5. The van der Waals surface area contributed by atoms with Crippen LogP contribution in [0.4, 0.5) is 0 Å². The van der Waals surface area contributed by atoms with Gasteiger partial charge in [-0.05, 0) is 22.1 Å². The molecule has 0 aliphatic carbocycles. The van der Waals surface area contributed by atoms with Crippen LogP contribution in [0.2, 0.25) is 18.1 Å². The molecule has 0 amide bonds. The van der Waals surface area contributed by atoms with Crippen molar-refractivity contribution in [1.29, 1.82) is 0 Å². The molecule has 2 rings (SSSR count). The number of hydrogen-bond acceptors (Lipinski definition) is 4. The normalized spacial score (nSPS) is 13.2.